The average molecular weight is 232 g/mol. The lowest BCUT2D eigenvalue weighted by molar-refractivity contribution is -0.163. The molecule has 0 saturated carbocycles. The predicted molar refractivity (Wildman–Crippen MR) is 47.6 cm³/mol. The summed E-state index contributed by atoms with van der Waals surface area (Å²) in [5, 5.41) is 44.1. The molecule has 0 unspecified atom stereocenters. The summed E-state index contributed by atoms with van der Waals surface area (Å²) in [5.41, 5.74) is 2.19. The van der Waals surface area contributed by atoms with E-state index in [1.807, 2.05) is 0 Å². The SMILES string of the molecule is Cl.N[C@](O)(C=O)[C@@H](O)[C@@H](O)[C@H](O)CO. The summed E-state index contributed by atoms with van der Waals surface area (Å²) in [6.07, 6.45) is -5.81. The van der Waals surface area contributed by atoms with E-state index in [9.17, 15) is 4.79 Å². The minimum atomic E-state index is -2.64. The van der Waals surface area contributed by atoms with Gasteiger partial charge < -0.3 is 25.5 Å². The molecular formula is C6H14ClNO6. The number of carbonyl (C=O) groups is 1. The van der Waals surface area contributed by atoms with Crippen molar-refractivity contribution in [3.05, 3.63) is 0 Å². The first-order chi connectivity index (χ1) is 5.86. The highest BCUT2D eigenvalue weighted by molar-refractivity contribution is 5.85. The van der Waals surface area contributed by atoms with Crippen molar-refractivity contribution < 1.29 is 30.3 Å². The molecule has 0 aliphatic carbocycles. The first-order valence-electron chi connectivity index (χ1n) is 3.49. The molecule has 4 atom stereocenters. The van der Waals surface area contributed by atoms with Gasteiger partial charge in [0.05, 0.1) is 6.61 Å². The van der Waals surface area contributed by atoms with Crippen molar-refractivity contribution in [3.8, 4) is 0 Å². The summed E-state index contributed by atoms with van der Waals surface area (Å²) in [7, 11) is 0. The Balaban J connectivity index is 0. The summed E-state index contributed by atoms with van der Waals surface area (Å²) >= 11 is 0. The maximum absolute atomic E-state index is 10.1. The fourth-order valence-electron chi connectivity index (χ4n) is 0.662. The molecule has 14 heavy (non-hydrogen) atoms. The molecule has 0 saturated heterocycles. The van der Waals surface area contributed by atoms with Crippen LogP contribution >= 0.6 is 12.4 Å². The number of aliphatic hydroxyl groups is 5. The third-order valence-electron chi connectivity index (χ3n) is 1.57. The van der Waals surface area contributed by atoms with Crippen molar-refractivity contribution >= 4 is 18.7 Å². The zero-order valence-corrected chi connectivity index (χ0v) is 7.96. The largest absolute Gasteiger partial charge is 0.394 e. The van der Waals surface area contributed by atoms with Gasteiger partial charge in [-0.3, -0.25) is 10.5 Å². The van der Waals surface area contributed by atoms with Crippen LogP contribution in [0, 0.1) is 0 Å². The van der Waals surface area contributed by atoms with Crippen LogP contribution in [-0.4, -0.2) is 62.5 Å². The highest BCUT2D eigenvalue weighted by Gasteiger charge is 2.39. The molecule has 0 aromatic heterocycles. The van der Waals surface area contributed by atoms with Crippen molar-refractivity contribution in [2.45, 2.75) is 24.0 Å². The number of hydrogen-bond donors (Lipinski definition) is 6. The Hall–Kier alpha value is -0.280. The number of carbonyl (C=O) groups excluding carboxylic acids is 1. The number of aldehydes is 1. The van der Waals surface area contributed by atoms with Crippen LogP contribution in [0.1, 0.15) is 0 Å². The highest BCUT2D eigenvalue weighted by atomic mass is 35.5. The molecule has 0 aliphatic rings. The molecule has 7 nitrogen and oxygen atoms in total. The molecule has 0 rings (SSSR count). The number of halogens is 1. The van der Waals surface area contributed by atoms with E-state index in [2.05, 4.69) is 0 Å². The van der Waals surface area contributed by atoms with Gasteiger partial charge in [-0.25, -0.2) is 0 Å². The summed E-state index contributed by atoms with van der Waals surface area (Å²) in [4.78, 5) is 10.1. The van der Waals surface area contributed by atoms with Gasteiger partial charge in [-0.1, -0.05) is 0 Å². The molecule has 0 bridgehead atoms. The smallest absolute Gasteiger partial charge is 0.199 e. The minimum Gasteiger partial charge on any atom is -0.394 e. The van der Waals surface area contributed by atoms with E-state index < -0.39 is 30.6 Å². The Bertz CT molecular complexity index is 178. The van der Waals surface area contributed by atoms with Gasteiger partial charge in [-0.2, -0.15) is 0 Å². The van der Waals surface area contributed by atoms with Crippen LogP contribution in [0.5, 0.6) is 0 Å². The van der Waals surface area contributed by atoms with Crippen LogP contribution in [0.4, 0.5) is 0 Å². The molecular weight excluding hydrogens is 218 g/mol. The van der Waals surface area contributed by atoms with Crippen molar-refractivity contribution in [3.63, 3.8) is 0 Å². The van der Waals surface area contributed by atoms with Crippen molar-refractivity contribution in [1.82, 2.24) is 0 Å². The van der Waals surface area contributed by atoms with Crippen LogP contribution in [0.15, 0.2) is 0 Å². The number of hydrogen-bond acceptors (Lipinski definition) is 7. The van der Waals surface area contributed by atoms with Gasteiger partial charge in [-0.15, -0.1) is 12.4 Å². The topological polar surface area (TPSA) is 144 Å². The summed E-state index contributed by atoms with van der Waals surface area (Å²) in [5.74, 6) is 0. The molecule has 0 aromatic carbocycles. The second-order valence-corrected chi connectivity index (χ2v) is 2.69. The molecule has 0 amide bonds. The molecule has 0 heterocycles. The van der Waals surface area contributed by atoms with Gasteiger partial charge in [0, 0.05) is 0 Å². The van der Waals surface area contributed by atoms with Crippen LogP contribution in [0.2, 0.25) is 0 Å². The Kier molecular flexibility index (Phi) is 7.21. The highest BCUT2D eigenvalue weighted by Crippen LogP contribution is 2.08. The Morgan fingerprint density at radius 1 is 1.36 bits per heavy atom. The fourth-order valence-corrected chi connectivity index (χ4v) is 0.662. The fraction of sp³-hybridized carbons (Fsp3) is 0.833. The molecule has 86 valence electrons. The van der Waals surface area contributed by atoms with Crippen LogP contribution < -0.4 is 5.73 Å². The lowest BCUT2D eigenvalue weighted by Crippen LogP contribution is -2.60. The van der Waals surface area contributed by atoms with Crippen molar-refractivity contribution in [2.24, 2.45) is 5.73 Å². The van der Waals surface area contributed by atoms with Crippen LogP contribution in [0.3, 0.4) is 0 Å². The van der Waals surface area contributed by atoms with E-state index >= 15 is 0 Å². The Labute approximate surface area is 86.2 Å². The van der Waals surface area contributed by atoms with Crippen molar-refractivity contribution in [1.29, 1.82) is 0 Å². The normalized spacial score (nSPS) is 21.3. The standard InChI is InChI=1S/C6H13NO6.ClH/c7-6(13,2-9)5(12)4(11)3(10)1-8;/h2-5,8,10-13H,1,7H2;1H/t3-,4+,5+,6+;/m1./s1. The van der Waals surface area contributed by atoms with Gasteiger partial charge in [0.2, 0.25) is 0 Å². The van der Waals surface area contributed by atoms with Gasteiger partial charge in [0.25, 0.3) is 0 Å². The lowest BCUT2D eigenvalue weighted by atomic mass is 10.00. The van der Waals surface area contributed by atoms with E-state index in [0.29, 0.717) is 0 Å². The Morgan fingerprint density at radius 2 is 1.79 bits per heavy atom. The van der Waals surface area contributed by atoms with Crippen LogP contribution in [0.25, 0.3) is 0 Å². The van der Waals surface area contributed by atoms with Gasteiger partial charge in [-0.05, 0) is 0 Å². The van der Waals surface area contributed by atoms with Crippen molar-refractivity contribution in [2.75, 3.05) is 6.61 Å². The molecule has 7 N–H and O–H groups in total. The third kappa shape index (κ3) is 3.84. The molecule has 0 aromatic rings. The first kappa shape index (κ1) is 16.2. The van der Waals surface area contributed by atoms with Gasteiger partial charge in [0.15, 0.2) is 12.0 Å². The summed E-state index contributed by atoms with van der Waals surface area (Å²) < 4.78 is 0. The van der Waals surface area contributed by atoms with Crippen LogP contribution in [-0.2, 0) is 4.79 Å². The first-order valence-corrected chi connectivity index (χ1v) is 3.49. The van der Waals surface area contributed by atoms with E-state index in [-0.39, 0.29) is 18.7 Å². The lowest BCUT2D eigenvalue weighted by Gasteiger charge is -2.28. The predicted octanol–water partition coefficient (Wildman–Crippen LogP) is -3.67. The zero-order valence-electron chi connectivity index (χ0n) is 7.15. The molecule has 0 spiro atoms. The Morgan fingerprint density at radius 3 is 2.07 bits per heavy atom. The van der Waals surface area contributed by atoms with Gasteiger partial charge in [0.1, 0.15) is 18.3 Å². The monoisotopic (exact) mass is 231 g/mol. The maximum Gasteiger partial charge on any atom is 0.199 e. The molecule has 0 radical (unpaired) electrons. The average Bonchev–Trinajstić information content (AvgIpc) is 2.14. The van der Waals surface area contributed by atoms with Gasteiger partial charge >= 0.3 is 0 Å². The second kappa shape index (κ2) is 6.25. The second-order valence-electron chi connectivity index (χ2n) is 2.69. The van der Waals surface area contributed by atoms with E-state index in [0.717, 1.165) is 0 Å². The maximum atomic E-state index is 10.1. The summed E-state index contributed by atoms with van der Waals surface area (Å²) in [6.45, 7) is -0.826. The molecule has 0 fully saturated rings. The third-order valence-corrected chi connectivity index (χ3v) is 1.57. The van der Waals surface area contributed by atoms with E-state index in [1.54, 1.807) is 0 Å². The number of aliphatic hydroxyl groups excluding tert-OH is 4. The zero-order chi connectivity index (χ0) is 10.6. The number of nitrogens with two attached hydrogens (primary N) is 1. The molecule has 8 heteroatoms. The quantitative estimate of drug-likeness (QED) is 0.211. The minimum absolute atomic E-state index is 0. The number of rotatable bonds is 5. The van der Waals surface area contributed by atoms with E-state index in [4.69, 9.17) is 31.3 Å². The summed E-state index contributed by atoms with van der Waals surface area (Å²) in [6, 6.07) is 0. The van der Waals surface area contributed by atoms with E-state index in [1.165, 1.54) is 0 Å². The molecule has 0 aliphatic heterocycles.